The lowest BCUT2D eigenvalue weighted by Crippen LogP contribution is -2.63. The standard InChI is InChI=1S/C26H26Cl2N4O3S2/c27-18-3-1-17(2-4-18)23(33)30-13-14-31-25(35)26(9-11-29-12-10-26)32-24(34)21-15-36-16-22(21)37-20-7-5-19(28)6-8-20/h1-8,15-16,29H,9-14H2,(H,30,33)(H,31,35)(H,32,34). The van der Waals surface area contributed by atoms with Crippen LogP contribution in [0.3, 0.4) is 0 Å². The molecule has 3 amide bonds. The van der Waals surface area contributed by atoms with E-state index in [0.717, 1.165) is 9.79 Å². The minimum atomic E-state index is -1.04. The largest absolute Gasteiger partial charge is 0.352 e. The fourth-order valence-corrected chi connectivity index (χ4v) is 6.09. The Bertz CT molecular complexity index is 1240. The molecule has 0 spiro atoms. The van der Waals surface area contributed by atoms with Crippen LogP contribution in [0.25, 0.3) is 0 Å². The Hall–Kier alpha value is -2.56. The van der Waals surface area contributed by atoms with Crippen molar-refractivity contribution in [2.24, 2.45) is 0 Å². The molecule has 0 aliphatic carbocycles. The Balaban J connectivity index is 1.36. The molecule has 3 aromatic rings. The monoisotopic (exact) mass is 576 g/mol. The summed E-state index contributed by atoms with van der Waals surface area (Å²) in [5.41, 5.74) is -0.0149. The Morgan fingerprint density at radius 1 is 0.865 bits per heavy atom. The van der Waals surface area contributed by atoms with Crippen molar-refractivity contribution in [3.05, 3.63) is 80.5 Å². The number of amides is 3. The quantitative estimate of drug-likeness (QED) is 0.279. The van der Waals surface area contributed by atoms with E-state index in [1.165, 1.54) is 23.1 Å². The first-order chi connectivity index (χ1) is 17.9. The summed E-state index contributed by atoms with van der Waals surface area (Å²) in [7, 11) is 0. The van der Waals surface area contributed by atoms with Gasteiger partial charge >= 0.3 is 0 Å². The van der Waals surface area contributed by atoms with Crippen LogP contribution in [0.5, 0.6) is 0 Å². The highest BCUT2D eigenvalue weighted by molar-refractivity contribution is 7.99. The van der Waals surface area contributed by atoms with Gasteiger partial charge in [0.15, 0.2) is 0 Å². The van der Waals surface area contributed by atoms with Gasteiger partial charge in [-0.25, -0.2) is 0 Å². The Kier molecular flexibility index (Phi) is 9.50. The van der Waals surface area contributed by atoms with E-state index in [0.29, 0.717) is 47.1 Å². The third-order valence-electron chi connectivity index (χ3n) is 5.96. The summed E-state index contributed by atoms with van der Waals surface area (Å²) in [5, 5.41) is 16.9. The van der Waals surface area contributed by atoms with Gasteiger partial charge in [-0.15, -0.1) is 0 Å². The number of rotatable bonds is 9. The highest BCUT2D eigenvalue weighted by Gasteiger charge is 2.41. The minimum absolute atomic E-state index is 0.235. The lowest BCUT2D eigenvalue weighted by molar-refractivity contribution is -0.128. The summed E-state index contributed by atoms with van der Waals surface area (Å²) >= 11 is 14.8. The van der Waals surface area contributed by atoms with E-state index in [1.807, 2.05) is 29.6 Å². The summed E-state index contributed by atoms with van der Waals surface area (Å²) in [6.07, 6.45) is 0.928. The second-order valence-electron chi connectivity index (χ2n) is 8.51. The molecule has 2 aromatic carbocycles. The van der Waals surface area contributed by atoms with Crippen molar-refractivity contribution in [2.75, 3.05) is 26.2 Å². The number of carbonyl (C=O) groups excluding carboxylic acids is 3. The summed E-state index contributed by atoms with van der Waals surface area (Å²) in [6, 6.07) is 14.0. The predicted octanol–water partition coefficient (Wildman–Crippen LogP) is 4.60. The molecule has 37 heavy (non-hydrogen) atoms. The number of hydrogen-bond donors (Lipinski definition) is 4. The van der Waals surface area contributed by atoms with Gasteiger partial charge in [-0.3, -0.25) is 14.4 Å². The fraction of sp³-hybridized carbons (Fsp3) is 0.269. The lowest BCUT2D eigenvalue weighted by Gasteiger charge is -2.37. The molecule has 0 saturated carbocycles. The van der Waals surface area contributed by atoms with Crippen molar-refractivity contribution < 1.29 is 14.4 Å². The Labute approximate surface area is 233 Å². The van der Waals surface area contributed by atoms with Gasteiger partial charge in [0, 0.05) is 49.2 Å². The maximum absolute atomic E-state index is 13.3. The van der Waals surface area contributed by atoms with Crippen LogP contribution in [0.1, 0.15) is 33.6 Å². The second kappa shape index (κ2) is 12.8. The van der Waals surface area contributed by atoms with Crippen LogP contribution in [0.15, 0.2) is 69.1 Å². The SMILES string of the molecule is O=C(NCCNC(=O)C1(NC(=O)c2cscc2Sc2ccc(Cl)cc2)CCNCC1)c1ccc(Cl)cc1. The highest BCUT2D eigenvalue weighted by atomic mass is 35.5. The lowest BCUT2D eigenvalue weighted by atomic mass is 9.87. The average molecular weight is 578 g/mol. The summed E-state index contributed by atoms with van der Waals surface area (Å²) < 4.78 is 0. The zero-order valence-electron chi connectivity index (χ0n) is 19.8. The normalized spacial score (nSPS) is 14.5. The molecule has 7 nitrogen and oxygen atoms in total. The smallest absolute Gasteiger partial charge is 0.254 e. The molecule has 0 radical (unpaired) electrons. The molecule has 0 unspecified atom stereocenters. The molecule has 1 saturated heterocycles. The molecule has 1 aliphatic heterocycles. The molecule has 4 rings (SSSR count). The zero-order valence-corrected chi connectivity index (χ0v) is 23.0. The second-order valence-corrected chi connectivity index (χ2v) is 11.2. The van der Waals surface area contributed by atoms with Crippen LogP contribution in [0, 0.1) is 0 Å². The number of carbonyl (C=O) groups is 3. The van der Waals surface area contributed by atoms with Crippen LogP contribution < -0.4 is 21.3 Å². The number of benzene rings is 2. The van der Waals surface area contributed by atoms with E-state index in [1.54, 1.807) is 29.6 Å². The average Bonchev–Trinajstić information content (AvgIpc) is 3.37. The van der Waals surface area contributed by atoms with Crippen molar-refractivity contribution in [3.8, 4) is 0 Å². The summed E-state index contributed by atoms with van der Waals surface area (Å²) in [6.45, 7) is 1.70. The summed E-state index contributed by atoms with van der Waals surface area (Å²) in [4.78, 5) is 40.7. The van der Waals surface area contributed by atoms with E-state index in [2.05, 4.69) is 21.3 Å². The Morgan fingerprint density at radius 3 is 2.16 bits per heavy atom. The van der Waals surface area contributed by atoms with Gasteiger partial charge in [0.2, 0.25) is 5.91 Å². The topological polar surface area (TPSA) is 99.3 Å². The van der Waals surface area contributed by atoms with Gasteiger partial charge in [-0.2, -0.15) is 11.3 Å². The van der Waals surface area contributed by atoms with Crippen molar-refractivity contribution in [3.63, 3.8) is 0 Å². The van der Waals surface area contributed by atoms with Crippen LogP contribution in [-0.2, 0) is 4.79 Å². The number of hydrogen-bond acceptors (Lipinski definition) is 6. The highest BCUT2D eigenvalue weighted by Crippen LogP contribution is 2.34. The molecular formula is C26H26Cl2N4O3S2. The molecule has 1 aliphatic rings. The van der Waals surface area contributed by atoms with Gasteiger partial charge < -0.3 is 21.3 Å². The number of thiophene rings is 1. The molecule has 1 fully saturated rings. The van der Waals surface area contributed by atoms with Crippen LogP contribution in [0.4, 0.5) is 0 Å². The van der Waals surface area contributed by atoms with E-state index in [9.17, 15) is 14.4 Å². The molecule has 0 atom stereocenters. The number of halogens is 2. The van der Waals surface area contributed by atoms with Crippen molar-refractivity contribution in [1.29, 1.82) is 0 Å². The van der Waals surface area contributed by atoms with Gasteiger partial charge in [-0.05, 0) is 74.5 Å². The number of nitrogens with one attached hydrogen (secondary N) is 4. The van der Waals surface area contributed by atoms with Crippen LogP contribution in [0.2, 0.25) is 10.0 Å². The molecule has 11 heteroatoms. The third kappa shape index (κ3) is 7.27. The van der Waals surface area contributed by atoms with Gasteiger partial charge in [0.05, 0.1) is 5.56 Å². The first-order valence-corrected chi connectivity index (χ1v) is 14.2. The van der Waals surface area contributed by atoms with Crippen molar-refractivity contribution in [2.45, 2.75) is 28.2 Å². The van der Waals surface area contributed by atoms with Crippen molar-refractivity contribution in [1.82, 2.24) is 21.3 Å². The van der Waals surface area contributed by atoms with Gasteiger partial charge in [0.25, 0.3) is 11.8 Å². The van der Waals surface area contributed by atoms with Gasteiger partial charge in [0.1, 0.15) is 5.54 Å². The van der Waals surface area contributed by atoms with E-state index < -0.39 is 5.54 Å². The minimum Gasteiger partial charge on any atom is -0.352 e. The first kappa shape index (κ1) is 27.5. The zero-order chi connectivity index (χ0) is 26.3. The Morgan fingerprint density at radius 2 is 1.49 bits per heavy atom. The van der Waals surface area contributed by atoms with Gasteiger partial charge in [-0.1, -0.05) is 35.0 Å². The fourth-order valence-electron chi connectivity index (χ4n) is 3.93. The molecule has 4 N–H and O–H groups in total. The molecule has 1 aromatic heterocycles. The summed E-state index contributed by atoms with van der Waals surface area (Å²) in [5.74, 6) is -0.796. The predicted molar refractivity (Wildman–Crippen MR) is 149 cm³/mol. The van der Waals surface area contributed by atoms with Crippen LogP contribution in [-0.4, -0.2) is 49.4 Å². The molecule has 194 valence electrons. The molecule has 2 heterocycles. The number of piperidine rings is 1. The van der Waals surface area contributed by atoms with Crippen molar-refractivity contribution >= 4 is 64.0 Å². The molecular weight excluding hydrogens is 551 g/mol. The van der Waals surface area contributed by atoms with E-state index in [4.69, 9.17) is 23.2 Å². The van der Waals surface area contributed by atoms with E-state index in [-0.39, 0.29) is 30.8 Å². The molecule has 0 bridgehead atoms. The van der Waals surface area contributed by atoms with E-state index >= 15 is 0 Å². The maximum Gasteiger partial charge on any atom is 0.254 e. The maximum atomic E-state index is 13.3. The third-order valence-corrected chi connectivity index (χ3v) is 8.42. The van der Waals surface area contributed by atoms with Crippen LogP contribution >= 0.6 is 46.3 Å². The first-order valence-electron chi connectivity index (χ1n) is 11.7.